The Hall–Kier alpha value is -2.79. The number of carbonyl (C=O) groups is 2. The van der Waals surface area contributed by atoms with Crippen LogP contribution in [0.15, 0.2) is 54.7 Å². The van der Waals surface area contributed by atoms with Gasteiger partial charge in [-0.2, -0.15) is 0 Å². The molecule has 1 aromatic heterocycles. The SMILES string of the molecule is CC(=O)N(CCNC(=O)c1ccccc1Cl)CCc1c[nH]c2ccccc12. The molecule has 0 spiro atoms. The first-order valence-electron chi connectivity index (χ1n) is 8.89. The van der Waals surface area contributed by atoms with Crippen molar-refractivity contribution in [1.29, 1.82) is 0 Å². The van der Waals surface area contributed by atoms with Gasteiger partial charge in [0.05, 0.1) is 10.6 Å². The maximum Gasteiger partial charge on any atom is 0.252 e. The number of halogens is 1. The fraction of sp³-hybridized carbons (Fsp3) is 0.238. The van der Waals surface area contributed by atoms with Gasteiger partial charge < -0.3 is 15.2 Å². The third-order valence-electron chi connectivity index (χ3n) is 4.56. The Morgan fingerprint density at radius 1 is 1.07 bits per heavy atom. The normalized spacial score (nSPS) is 10.7. The molecule has 0 atom stereocenters. The number of aromatic nitrogens is 1. The van der Waals surface area contributed by atoms with Crippen LogP contribution in [0, 0.1) is 0 Å². The van der Waals surface area contributed by atoms with Crippen LogP contribution in [0.4, 0.5) is 0 Å². The lowest BCUT2D eigenvalue weighted by Gasteiger charge is -2.21. The Labute approximate surface area is 163 Å². The molecular weight excluding hydrogens is 362 g/mol. The van der Waals surface area contributed by atoms with Gasteiger partial charge in [-0.3, -0.25) is 9.59 Å². The molecule has 3 aromatic rings. The van der Waals surface area contributed by atoms with E-state index in [1.807, 2.05) is 24.4 Å². The van der Waals surface area contributed by atoms with Gasteiger partial charge in [0.2, 0.25) is 5.91 Å². The molecule has 0 aliphatic rings. The van der Waals surface area contributed by atoms with Crippen LogP contribution < -0.4 is 5.32 Å². The lowest BCUT2D eigenvalue weighted by Crippen LogP contribution is -2.38. The fourth-order valence-electron chi connectivity index (χ4n) is 3.07. The van der Waals surface area contributed by atoms with Crippen molar-refractivity contribution >= 4 is 34.3 Å². The van der Waals surface area contributed by atoms with Crippen molar-refractivity contribution < 1.29 is 9.59 Å². The zero-order valence-corrected chi connectivity index (χ0v) is 15.9. The van der Waals surface area contributed by atoms with Crippen LogP contribution in [0.3, 0.4) is 0 Å². The van der Waals surface area contributed by atoms with E-state index in [0.717, 1.165) is 11.9 Å². The number of nitrogens with one attached hydrogen (secondary N) is 2. The second-order valence-electron chi connectivity index (χ2n) is 6.35. The van der Waals surface area contributed by atoms with Gasteiger partial charge >= 0.3 is 0 Å². The topological polar surface area (TPSA) is 65.2 Å². The van der Waals surface area contributed by atoms with E-state index in [-0.39, 0.29) is 11.8 Å². The molecular formula is C21H22ClN3O2. The van der Waals surface area contributed by atoms with E-state index in [1.54, 1.807) is 36.1 Å². The van der Waals surface area contributed by atoms with Crippen LogP contribution in [-0.4, -0.2) is 41.3 Å². The Kier molecular flexibility index (Phi) is 6.14. The average molecular weight is 384 g/mol. The molecule has 0 unspecified atom stereocenters. The Morgan fingerprint density at radius 2 is 1.81 bits per heavy atom. The van der Waals surface area contributed by atoms with E-state index in [4.69, 9.17) is 11.6 Å². The number of H-pyrrole nitrogens is 1. The lowest BCUT2D eigenvalue weighted by atomic mass is 10.1. The molecule has 2 aromatic carbocycles. The summed E-state index contributed by atoms with van der Waals surface area (Å²) in [7, 11) is 0. The number of carbonyl (C=O) groups excluding carboxylic acids is 2. The highest BCUT2D eigenvalue weighted by Crippen LogP contribution is 2.18. The maximum atomic E-state index is 12.2. The molecule has 27 heavy (non-hydrogen) atoms. The van der Waals surface area contributed by atoms with E-state index in [9.17, 15) is 9.59 Å². The standard InChI is InChI=1S/C21H22ClN3O2/c1-15(26)25(12-10-16-14-24-20-9-5-3-6-17(16)20)13-11-23-21(27)18-7-2-4-8-19(18)22/h2-9,14,24H,10-13H2,1H3,(H,23,27). The minimum Gasteiger partial charge on any atom is -0.361 e. The third-order valence-corrected chi connectivity index (χ3v) is 4.89. The van der Waals surface area contributed by atoms with E-state index < -0.39 is 0 Å². The summed E-state index contributed by atoms with van der Waals surface area (Å²) in [6, 6.07) is 15.0. The number of hydrogen-bond donors (Lipinski definition) is 2. The highest BCUT2D eigenvalue weighted by atomic mass is 35.5. The van der Waals surface area contributed by atoms with Crippen molar-refractivity contribution in [2.45, 2.75) is 13.3 Å². The number of rotatable bonds is 7. The van der Waals surface area contributed by atoms with Crippen LogP contribution >= 0.6 is 11.6 Å². The number of fused-ring (bicyclic) bond motifs is 1. The Bertz CT molecular complexity index is 951. The number of para-hydroxylation sites is 1. The first kappa shape index (κ1) is 19.0. The molecule has 2 amide bonds. The van der Waals surface area contributed by atoms with E-state index in [1.165, 1.54) is 10.9 Å². The van der Waals surface area contributed by atoms with Crippen molar-refractivity contribution in [2.24, 2.45) is 0 Å². The number of benzene rings is 2. The summed E-state index contributed by atoms with van der Waals surface area (Å²) >= 11 is 6.04. The Morgan fingerprint density at radius 3 is 2.59 bits per heavy atom. The molecule has 0 bridgehead atoms. The minimum atomic E-state index is -0.235. The van der Waals surface area contributed by atoms with Gasteiger partial charge in [0.1, 0.15) is 0 Å². The molecule has 5 nitrogen and oxygen atoms in total. The minimum absolute atomic E-state index is 0.0122. The number of aromatic amines is 1. The van der Waals surface area contributed by atoms with Crippen molar-refractivity contribution in [1.82, 2.24) is 15.2 Å². The van der Waals surface area contributed by atoms with Crippen LogP contribution in [-0.2, 0) is 11.2 Å². The fourth-order valence-corrected chi connectivity index (χ4v) is 3.29. The zero-order chi connectivity index (χ0) is 19.2. The Balaban J connectivity index is 1.54. The van der Waals surface area contributed by atoms with Gasteiger partial charge in [0.15, 0.2) is 0 Å². The molecule has 0 aliphatic carbocycles. The van der Waals surface area contributed by atoms with Crippen LogP contribution in [0.25, 0.3) is 10.9 Å². The smallest absolute Gasteiger partial charge is 0.252 e. The monoisotopic (exact) mass is 383 g/mol. The second-order valence-corrected chi connectivity index (χ2v) is 6.76. The maximum absolute atomic E-state index is 12.2. The predicted octanol–water partition coefficient (Wildman–Crippen LogP) is 3.64. The number of amides is 2. The summed E-state index contributed by atoms with van der Waals surface area (Å²) in [6.07, 6.45) is 2.74. The summed E-state index contributed by atoms with van der Waals surface area (Å²) in [6.45, 7) is 2.97. The van der Waals surface area contributed by atoms with Gasteiger partial charge in [0, 0.05) is 43.7 Å². The van der Waals surface area contributed by atoms with Crippen LogP contribution in [0.2, 0.25) is 5.02 Å². The van der Waals surface area contributed by atoms with Crippen molar-refractivity contribution in [2.75, 3.05) is 19.6 Å². The first-order valence-corrected chi connectivity index (χ1v) is 9.27. The number of nitrogens with zero attached hydrogens (tertiary/aromatic N) is 1. The van der Waals surface area contributed by atoms with Crippen LogP contribution in [0.1, 0.15) is 22.8 Å². The highest BCUT2D eigenvalue weighted by Gasteiger charge is 2.13. The molecule has 2 N–H and O–H groups in total. The molecule has 3 rings (SSSR count). The molecule has 0 fully saturated rings. The van der Waals surface area contributed by atoms with Gasteiger partial charge in [-0.25, -0.2) is 0 Å². The van der Waals surface area contributed by atoms with Crippen molar-refractivity contribution in [3.8, 4) is 0 Å². The predicted molar refractivity (Wildman–Crippen MR) is 108 cm³/mol. The summed E-state index contributed by atoms with van der Waals surface area (Å²) in [5.41, 5.74) is 2.71. The van der Waals surface area contributed by atoms with Crippen molar-refractivity contribution in [3.05, 3.63) is 70.9 Å². The quantitative estimate of drug-likeness (QED) is 0.654. The summed E-state index contributed by atoms with van der Waals surface area (Å²) in [4.78, 5) is 29.2. The number of hydrogen-bond acceptors (Lipinski definition) is 2. The largest absolute Gasteiger partial charge is 0.361 e. The molecule has 140 valence electrons. The molecule has 0 aliphatic heterocycles. The second kappa shape index (κ2) is 8.73. The van der Waals surface area contributed by atoms with Crippen molar-refractivity contribution in [3.63, 3.8) is 0 Å². The van der Waals surface area contributed by atoms with Gasteiger partial charge in [0.25, 0.3) is 5.91 Å². The first-order chi connectivity index (χ1) is 13.1. The highest BCUT2D eigenvalue weighted by molar-refractivity contribution is 6.33. The summed E-state index contributed by atoms with van der Waals surface area (Å²) in [5, 5.41) is 4.41. The zero-order valence-electron chi connectivity index (χ0n) is 15.2. The molecule has 6 heteroatoms. The molecule has 1 heterocycles. The summed E-state index contributed by atoms with van der Waals surface area (Å²) < 4.78 is 0. The van der Waals surface area contributed by atoms with Gasteiger partial charge in [-0.1, -0.05) is 41.9 Å². The third kappa shape index (κ3) is 4.68. The molecule has 0 radical (unpaired) electrons. The van der Waals surface area contributed by atoms with Gasteiger partial charge in [-0.15, -0.1) is 0 Å². The summed E-state index contributed by atoms with van der Waals surface area (Å²) in [5.74, 6) is -0.248. The van der Waals surface area contributed by atoms with E-state index in [0.29, 0.717) is 30.2 Å². The van der Waals surface area contributed by atoms with E-state index in [2.05, 4.69) is 16.4 Å². The molecule has 0 saturated carbocycles. The van der Waals surface area contributed by atoms with E-state index >= 15 is 0 Å². The lowest BCUT2D eigenvalue weighted by molar-refractivity contribution is -0.128. The van der Waals surface area contributed by atoms with Crippen LogP contribution in [0.5, 0.6) is 0 Å². The molecule has 0 saturated heterocycles. The van der Waals surface area contributed by atoms with Gasteiger partial charge in [-0.05, 0) is 30.2 Å². The average Bonchev–Trinajstić information content (AvgIpc) is 3.07.